The topological polar surface area (TPSA) is 34.1 Å². The molecular formula is C14H9ClF2O2S. The van der Waals surface area contributed by atoms with E-state index in [0.29, 0.717) is 0 Å². The molecule has 2 aromatic rings. The van der Waals surface area contributed by atoms with Gasteiger partial charge in [-0.15, -0.1) is 0 Å². The number of hydrogen-bond acceptors (Lipinski definition) is 2. The fourth-order valence-corrected chi connectivity index (χ4v) is 3.11. The van der Waals surface area contributed by atoms with E-state index in [1.807, 2.05) is 0 Å². The zero-order valence-corrected chi connectivity index (χ0v) is 11.7. The lowest BCUT2D eigenvalue weighted by molar-refractivity contribution is 0.101. The third kappa shape index (κ3) is 3.11. The van der Waals surface area contributed by atoms with Crippen LogP contribution in [-0.4, -0.2) is 15.7 Å². The van der Waals surface area contributed by atoms with Gasteiger partial charge in [0.2, 0.25) is 0 Å². The predicted octanol–water partition coefficient (Wildman–Crippen LogP) is 3.61. The Balaban J connectivity index is 2.25. The van der Waals surface area contributed by atoms with E-state index in [2.05, 4.69) is 0 Å². The summed E-state index contributed by atoms with van der Waals surface area (Å²) in [5.41, 5.74) is -0.673. The van der Waals surface area contributed by atoms with Crippen LogP contribution in [0.4, 0.5) is 8.78 Å². The average molecular weight is 315 g/mol. The van der Waals surface area contributed by atoms with Crippen molar-refractivity contribution in [2.45, 2.75) is 4.90 Å². The highest BCUT2D eigenvalue weighted by Crippen LogP contribution is 2.20. The van der Waals surface area contributed by atoms with E-state index in [9.17, 15) is 17.8 Å². The van der Waals surface area contributed by atoms with E-state index in [0.717, 1.165) is 18.2 Å². The molecular weight excluding hydrogens is 306 g/mol. The van der Waals surface area contributed by atoms with Gasteiger partial charge in [0, 0.05) is 0 Å². The van der Waals surface area contributed by atoms with Crippen molar-refractivity contribution in [2.24, 2.45) is 0 Å². The Morgan fingerprint density at radius 2 is 1.65 bits per heavy atom. The van der Waals surface area contributed by atoms with Crippen LogP contribution in [0, 0.1) is 11.6 Å². The van der Waals surface area contributed by atoms with Crippen molar-refractivity contribution < 1.29 is 17.8 Å². The second-order valence-corrected chi connectivity index (χ2v) is 5.77. The summed E-state index contributed by atoms with van der Waals surface area (Å²) >= 11 is 5.86. The molecule has 0 saturated carbocycles. The fourth-order valence-electron chi connectivity index (χ4n) is 1.66. The smallest absolute Gasteiger partial charge is 0.181 e. The largest absolute Gasteiger partial charge is 0.293 e. The molecule has 104 valence electrons. The summed E-state index contributed by atoms with van der Waals surface area (Å²) in [5.74, 6) is -3.32. The molecule has 2 rings (SSSR count). The van der Waals surface area contributed by atoms with Crippen LogP contribution >= 0.6 is 11.6 Å². The molecule has 0 saturated heterocycles. The lowest BCUT2D eigenvalue weighted by Crippen LogP contribution is -2.14. The molecule has 0 N–H and O–H groups in total. The molecule has 0 bridgehead atoms. The van der Waals surface area contributed by atoms with Crippen LogP contribution in [0.1, 0.15) is 10.4 Å². The molecule has 1 atom stereocenters. The molecule has 0 aromatic heterocycles. The number of carbonyl (C=O) groups is 1. The second kappa shape index (κ2) is 6.24. The number of ketones is 1. The molecule has 0 spiro atoms. The number of carbonyl (C=O) groups excluding carboxylic acids is 1. The lowest BCUT2D eigenvalue weighted by Gasteiger charge is -2.05. The third-order valence-corrected chi connectivity index (χ3v) is 4.40. The van der Waals surface area contributed by atoms with E-state index >= 15 is 0 Å². The van der Waals surface area contributed by atoms with Gasteiger partial charge in [0.1, 0.15) is 11.6 Å². The van der Waals surface area contributed by atoms with Gasteiger partial charge in [-0.3, -0.25) is 9.00 Å². The van der Waals surface area contributed by atoms with Gasteiger partial charge in [-0.05, 0) is 24.3 Å². The monoisotopic (exact) mass is 314 g/mol. The molecule has 0 amide bonds. The maximum Gasteiger partial charge on any atom is 0.181 e. The summed E-state index contributed by atoms with van der Waals surface area (Å²) in [5, 5.41) is 0.243. The molecule has 2 aromatic carbocycles. The van der Waals surface area contributed by atoms with Crippen molar-refractivity contribution in [1.82, 2.24) is 0 Å². The minimum absolute atomic E-state index is 0.243. The molecule has 0 heterocycles. The van der Waals surface area contributed by atoms with Crippen molar-refractivity contribution in [2.75, 3.05) is 5.75 Å². The van der Waals surface area contributed by atoms with Crippen molar-refractivity contribution in [3.8, 4) is 0 Å². The van der Waals surface area contributed by atoms with Gasteiger partial charge in [0.15, 0.2) is 5.78 Å². The van der Waals surface area contributed by atoms with E-state index in [1.54, 1.807) is 12.1 Å². The predicted molar refractivity (Wildman–Crippen MR) is 73.4 cm³/mol. The standard InChI is InChI=1S/C14H9ClF2O2S/c15-9-4-1-2-7-13(9)20(19)8-12(18)14-10(16)5-3-6-11(14)17/h1-7H,8H2. The summed E-state index contributed by atoms with van der Waals surface area (Å²) in [6, 6.07) is 9.43. The van der Waals surface area contributed by atoms with Crippen molar-refractivity contribution in [3.63, 3.8) is 0 Å². The SMILES string of the molecule is O=C(CS(=O)c1ccccc1Cl)c1c(F)cccc1F. The highest BCUT2D eigenvalue weighted by molar-refractivity contribution is 7.86. The Morgan fingerprint density at radius 1 is 1.05 bits per heavy atom. The number of hydrogen-bond donors (Lipinski definition) is 0. The molecule has 0 fully saturated rings. The van der Waals surface area contributed by atoms with Gasteiger partial charge >= 0.3 is 0 Å². The summed E-state index contributed by atoms with van der Waals surface area (Å²) in [4.78, 5) is 12.1. The lowest BCUT2D eigenvalue weighted by atomic mass is 10.1. The van der Waals surface area contributed by atoms with Crippen LogP contribution in [0.25, 0.3) is 0 Å². The normalized spacial score (nSPS) is 12.2. The molecule has 20 heavy (non-hydrogen) atoms. The molecule has 0 aliphatic carbocycles. The van der Waals surface area contributed by atoms with Gasteiger partial charge in [0.25, 0.3) is 0 Å². The first-order chi connectivity index (χ1) is 9.50. The van der Waals surface area contributed by atoms with Crippen LogP contribution in [0.5, 0.6) is 0 Å². The van der Waals surface area contributed by atoms with Gasteiger partial charge in [-0.1, -0.05) is 29.8 Å². The molecule has 6 heteroatoms. The number of halogens is 3. The average Bonchev–Trinajstić information content (AvgIpc) is 2.38. The van der Waals surface area contributed by atoms with E-state index < -0.39 is 39.5 Å². The van der Waals surface area contributed by atoms with Crippen molar-refractivity contribution in [3.05, 3.63) is 64.7 Å². The summed E-state index contributed by atoms with van der Waals surface area (Å²) in [7, 11) is -1.76. The fraction of sp³-hybridized carbons (Fsp3) is 0.0714. The maximum absolute atomic E-state index is 13.4. The Kier molecular flexibility index (Phi) is 4.62. The van der Waals surface area contributed by atoms with Crippen LogP contribution in [0.15, 0.2) is 47.4 Å². The Labute approximate surface area is 121 Å². The highest BCUT2D eigenvalue weighted by atomic mass is 35.5. The first-order valence-electron chi connectivity index (χ1n) is 5.61. The quantitative estimate of drug-likeness (QED) is 0.808. The molecule has 0 aliphatic rings. The Morgan fingerprint density at radius 3 is 2.25 bits per heavy atom. The van der Waals surface area contributed by atoms with E-state index in [-0.39, 0.29) is 9.92 Å². The van der Waals surface area contributed by atoms with Crippen molar-refractivity contribution >= 4 is 28.2 Å². The maximum atomic E-state index is 13.4. The third-order valence-electron chi connectivity index (χ3n) is 2.59. The summed E-state index contributed by atoms with van der Waals surface area (Å²) < 4.78 is 38.9. The van der Waals surface area contributed by atoms with Crippen LogP contribution in [0.3, 0.4) is 0 Å². The van der Waals surface area contributed by atoms with Gasteiger partial charge in [-0.2, -0.15) is 0 Å². The van der Waals surface area contributed by atoms with Gasteiger partial charge in [0.05, 0.1) is 32.0 Å². The minimum Gasteiger partial charge on any atom is -0.293 e. The summed E-state index contributed by atoms with van der Waals surface area (Å²) in [6.07, 6.45) is 0. The van der Waals surface area contributed by atoms with Crippen molar-refractivity contribution in [1.29, 1.82) is 0 Å². The van der Waals surface area contributed by atoms with Crippen LogP contribution < -0.4 is 0 Å². The van der Waals surface area contributed by atoms with Gasteiger partial charge < -0.3 is 0 Å². The Hall–Kier alpha value is -1.59. The van der Waals surface area contributed by atoms with Crippen LogP contribution in [-0.2, 0) is 10.8 Å². The number of Topliss-reactive ketones (excluding diaryl/α,β-unsaturated/α-hetero) is 1. The molecule has 2 nitrogen and oxygen atoms in total. The first-order valence-corrected chi connectivity index (χ1v) is 7.30. The van der Waals surface area contributed by atoms with Gasteiger partial charge in [-0.25, -0.2) is 8.78 Å². The Bertz CT molecular complexity index is 668. The minimum atomic E-state index is -1.76. The van der Waals surface area contributed by atoms with E-state index in [1.165, 1.54) is 12.1 Å². The second-order valence-electron chi connectivity index (χ2n) is 3.94. The highest BCUT2D eigenvalue weighted by Gasteiger charge is 2.20. The van der Waals surface area contributed by atoms with Crippen LogP contribution in [0.2, 0.25) is 5.02 Å². The number of rotatable bonds is 4. The zero-order chi connectivity index (χ0) is 14.7. The van der Waals surface area contributed by atoms with E-state index in [4.69, 9.17) is 11.6 Å². The molecule has 0 aliphatic heterocycles. The molecule has 0 radical (unpaired) electrons. The number of benzene rings is 2. The molecule has 1 unspecified atom stereocenters. The zero-order valence-electron chi connectivity index (χ0n) is 10.1. The first kappa shape index (κ1) is 14.8. The summed E-state index contributed by atoms with van der Waals surface area (Å²) in [6.45, 7) is 0.